The first-order valence-corrected chi connectivity index (χ1v) is 11.4. The summed E-state index contributed by atoms with van der Waals surface area (Å²) in [6.07, 6.45) is 1.71. The molecule has 162 valence electrons. The van der Waals surface area contributed by atoms with Crippen molar-refractivity contribution in [2.45, 2.75) is 37.2 Å². The highest BCUT2D eigenvalue weighted by Gasteiger charge is 2.28. The van der Waals surface area contributed by atoms with E-state index in [-0.39, 0.29) is 45.1 Å². The van der Waals surface area contributed by atoms with Crippen molar-refractivity contribution in [2.75, 3.05) is 0 Å². The van der Waals surface area contributed by atoms with Gasteiger partial charge in [-0.15, -0.1) is 0 Å². The van der Waals surface area contributed by atoms with Crippen molar-refractivity contribution in [1.82, 2.24) is 15.2 Å². The van der Waals surface area contributed by atoms with Gasteiger partial charge in [0, 0.05) is 12.6 Å². The molecule has 2 aromatic carbocycles. The largest absolute Gasteiger partial charge is 0.360 e. The third kappa shape index (κ3) is 4.63. The second-order valence-corrected chi connectivity index (χ2v) is 9.40. The van der Waals surface area contributed by atoms with Crippen molar-refractivity contribution in [3.63, 3.8) is 0 Å². The molecule has 0 unspecified atom stereocenters. The Morgan fingerprint density at radius 3 is 2.58 bits per heavy atom. The number of rotatable bonds is 7. The lowest BCUT2D eigenvalue weighted by Gasteiger charge is -2.09. The number of amides is 1. The van der Waals surface area contributed by atoms with Crippen LogP contribution in [-0.4, -0.2) is 25.5 Å². The molecule has 4 rings (SSSR count). The topological polar surface area (TPSA) is 101 Å². The van der Waals surface area contributed by atoms with Crippen LogP contribution in [-0.2, 0) is 16.6 Å². The standard InChI is InChI=1S/C21H19ClFN3O4S/c1-12-18(20(25-30-12)19-16(22)3-2-4-17(19)23)21(27)24-11-13-5-9-15(10-6-13)31(28,29)26-14-7-8-14/h2-6,9-10,14,26H,7-8,11H2,1H3,(H,24,27). The Kier molecular flexibility index (Phi) is 5.83. The van der Waals surface area contributed by atoms with Gasteiger partial charge in [-0.1, -0.05) is 35.0 Å². The third-order valence-electron chi connectivity index (χ3n) is 4.88. The highest BCUT2D eigenvalue weighted by Crippen LogP contribution is 2.33. The molecule has 1 fully saturated rings. The Morgan fingerprint density at radius 2 is 1.94 bits per heavy atom. The molecule has 1 aliphatic rings. The maximum absolute atomic E-state index is 14.3. The van der Waals surface area contributed by atoms with E-state index in [9.17, 15) is 17.6 Å². The van der Waals surface area contributed by atoms with E-state index in [0.717, 1.165) is 12.8 Å². The molecule has 1 aliphatic carbocycles. The highest BCUT2D eigenvalue weighted by atomic mass is 35.5. The van der Waals surface area contributed by atoms with Crippen LogP contribution in [0.2, 0.25) is 5.02 Å². The van der Waals surface area contributed by atoms with Crippen LogP contribution in [0, 0.1) is 12.7 Å². The molecule has 31 heavy (non-hydrogen) atoms. The molecular formula is C21H19ClFN3O4S. The molecule has 0 bridgehead atoms. The zero-order chi connectivity index (χ0) is 22.2. The number of aryl methyl sites for hydroxylation is 1. The van der Waals surface area contributed by atoms with E-state index in [1.165, 1.54) is 30.3 Å². The van der Waals surface area contributed by atoms with Crippen LogP contribution in [0.1, 0.15) is 34.5 Å². The second kappa shape index (κ2) is 8.41. The summed E-state index contributed by atoms with van der Waals surface area (Å²) in [5.74, 6) is -0.911. The van der Waals surface area contributed by atoms with Gasteiger partial charge < -0.3 is 9.84 Å². The van der Waals surface area contributed by atoms with Gasteiger partial charge in [-0.2, -0.15) is 0 Å². The van der Waals surface area contributed by atoms with Gasteiger partial charge >= 0.3 is 0 Å². The number of halogens is 2. The number of benzene rings is 2. The Bertz CT molecular complexity index is 1220. The van der Waals surface area contributed by atoms with Crippen molar-refractivity contribution in [3.05, 3.63) is 70.2 Å². The fraction of sp³-hybridized carbons (Fsp3) is 0.238. The molecule has 1 amide bonds. The summed E-state index contributed by atoms with van der Waals surface area (Å²) in [5.41, 5.74) is 0.785. The van der Waals surface area contributed by atoms with Crippen LogP contribution in [0.4, 0.5) is 4.39 Å². The molecular weight excluding hydrogens is 445 g/mol. The molecule has 0 radical (unpaired) electrons. The number of aromatic nitrogens is 1. The molecule has 2 N–H and O–H groups in total. The Labute approximate surface area is 183 Å². The van der Waals surface area contributed by atoms with Gasteiger partial charge in [-0.05, 0) is 49.6 Å². The van der Waals surface area contributed by atoms with Crippen LogP contribution in [0.5, 0.6) is 0 Å². The van der Waals surface area contributed by atoms with Gasteiger partial charge in [0.15, 0.2) is 0 Å². The van der Waals surface area contributed by atoms with E-state index in [4.69, 9.17) is 16.1 Å². The first-order chi connectivity index (χ1) is 14.8. The second-order valence-electron chi connectivity index (χ2n) is 7.28. The van der Waals surface area contributed by atoms with Gasteiger partial charge in [0.25, 0.3) is 5.91 Å². The summed E-state index contributed by atoms with van der Waals surface area (Å²) < 4.78 is 46.5. The van der Waals surface area contributed by atoms with Crippen molar-refractivity contribution >= 4 is 27.5 Å². The molecule has 1 aromatic heterocycles. The average molecular weight is 464 g/mol. The first-order valence-electron chi connectivity index (χ1n) is 9.56. The summed E-state index contributed by atoms with van der Waals surface area (Å²) in [4.78, 5) is 13.0. The number of sulfonamides is 1. The van der Waals surface area contributed by atoms with E-state index < -0.39 is 21.7 Å². The lowest BCUT2D eigenvalue weighted by atomic mass is 10.0. The Hall–Kier alpha value is -2.75. The zero-order valence-electron chi connectivity index (χ0n) is 16.5. The van der Waals surface area contributed by atoms with E-state index in [0.29, 0.717) is 5.56 Å². The molecule has 0 spiro atoms. The zero-order valence-corrected chi connectivity index (χ0v) is 18.1. The third-order valence-corrected chi connectivity index (χ3v) is 6.73. The fourth-order valence-electron chi connectivity index (χ4n) is 3.08. The minimum Gasteiger partial charge on any atom is -0.360 e. The maximum atomic E-state index is 14.3. The van der Waals surface area contributed by atoms with E-state index in [2.05, 4.69) is 15.2 Å². The van der Waals surface area contributed by atoms with Crippen molar-refractivity contribution in [3.8, 4) is 11.3 Å². The summed E-state index contributed by atoms with van der Waals surface area (Å²) in [6.45, 7) is 1.68. The summed E-state index contributed by atoms with van der Waals surface area (Å²) in [7, 11) is -3.54. The van der Waals surface area contributed by atoms with Gasteiger partial charge in [0.1, 0.15) is 22.8 Å². The maximum Gasteiger partial charge on any atom is 0.257 e. The molecule has 10 heteroatoms. The predicted octanol–water partition coefficient (Wildman–Crippen LogP) is 3.81. The van der Waals surface area contributed by atoms with Crippen LogP contribution in [0.25, 0.3) is 11.3 Å². The smallest absolute Gasteiger partial charge is 0.257 e. The number of hydrogen-bond acceptors (Lipinski definition) is 5. The van der Waals surface area contributed by atoms with Crippen LogP contribution in [0.15, 0.2) is 51.9 Å². The highest BCUT2D eigenvalue weighted by molar-refractivity contribution is 7.89. The van der Waals surface area contributed by atoms with Crippen LogP contribution in [0.3, 0.4) is 0 Å². The van der Waals surface area contributed by atoms with Crippen molar-refractivity contribution in [1.29, 1.82) is 0 Å². The van der Waals surface area contributed by atoms with E-state index >= 15 is 0 Å². The predicted molar refractivity (Wildman–Crippen MR) is 113 cm³/mol. The van der Waals surface area contributed by atoms with Crippen molar-refractivity contribution in [2.24, 2.45) is 0 Å². The van der Waals surface area contributed by atoms with Gasteiger partial charge in [-0.25, -0.2) is 17.5 Å². The number of nitrogens with zero attached hydrogens (tertiary/aromatic N) is 1. The number of carbonyl (C=O) groups is 1. The summed E-state index contributed by atoms with van der Waals surface area (Å²) in [5, 5.41) is 6.65. The Morgan fingerprint density at radius 1 is 1.23 bits per heavy atom. The molecule has 7 nitrogen and oxygen atoms in total. The van der Waals surface area contributed by atoms with E-state index in [1.54, 1.807) is 19.1 Å². The summed E-state index contributed by atoms with van der Waals surface area (Å²) in [6, 6.07) is 10.4. The van der Waals surface area contributed by atoms with Crippen molar-refractivity contribution < 1.29 is 22.1 Å². The molecule has 0 atom stereocenters. The average Bonchev–Trinajstić information content (AvgIpc) is 3.45. The molecule has 0 aliphatic heterocycles. The number of hydrogen-bond donors (Lipinski definition) is 2. The SMILES string of the molecule is Cc1onc(-c2c(F)cccc2Cl)c1C(=O)NCc1ccc(S(=O)(=O)NC2CC2)cc1. The van der Waals surface area contributed by atoms with Gasteiger partial charge in [0.05, 0.1) is 15.5 Å². The fourth-order valence-corrected chi connectivity index (χ4v) is 4.64. The molecule has 3 aromatic rings. The van der Waals surface area contributed by atoms with E-state index in [1.807, 2.05) is 0 Å². The first kappa shape index (κ1) is 21.5. The Balaban J connectivity index is 1.49. The number of nitrogens with one attached hydrogen (secondary N) is 2. The minimum atomic E-state index is -3.54. The minimum absolute atomic E-state index is 0.0103. The molecule has 1 saturated carbocycles. The number of carbonyl (C=O) groups excluding carboxylic acids is 1. The summed E-state index contributed by atoms with van der Waals surface area (Å²) >= 11 is 6.10. The molecule has 0 saturated heterocycles. The van der Waals surface area contributed by atoms with Crippen LogP contribution < -0.4 is 10.0 Å². The quantitative estimate of drug-likeness (QED) is 0.554. The lowest BCUT2D eigenvalue weighted by Crippen LogP contribution is -2.26. The van der Waals surface area contributed by atoms with Gasteiger partial charge in [0.2, 0.25) is 10.0 Å². The van der Waals surface area contributed by atoms with Gasteiger partial charge in [-0.3, -0.25) is 4.79 Å². The molecule has 1 heterocycles. The monoisotopic (exact) mass is 463 g/mol. The van der Waals surface area contributed by atoms with Crippen LogP contribution >= 0.6 is 11.6 Å². The lowest BCUT2D eigenvalue weighted by molar-refractivity contribution is 0.0950. The normalized spacial score (nSPS) is 13.9.